The van der Waals surface area contributed by atoms with Gasteiger partial charge in [0.1, 0.15) is 0 Å². The molecule has 8 nitrogen and oxygen atoms in total. The number of hydrogen-bond acceptors (Lipinski definition) is 5. The Hall–Kier alpha value is -0.950. The molecule has 0 amide bonds. The zero-order valence-corrected chi connectivity index (χ0v) is 22.3. The summed E-state index contributed by atoms with van der Waals surface area (Å²) in [7, 11) is 0.284. The maximum atomic E-state index is 13.3. The molecule has 2 aliphatic heterocycles. The van der Waals surface area contributed by atoms with Gasteiger partial charge < -0.3 is 20.4 Å². The molecule has 32 heavy (non-hydrogen) atoms. The summed E-state index contributed by atoms with van der Waals surface area (Å²) in [5.41, 5.74) is 0.771. The van der Waals surface area contributed by atoms with Crippen LogP contribution >= 0.6 is 24.0 Å². The van der Waals surface area contributed by atoms with Crippen LogP contribution in [0.5, 0.6) is 0 Å². The number of hydrogen-bond donors (Lipinski definition) is 2. The van der Waals surface area contributed by atoms with Crippen molar-refractivity contribution in [2.45, 2.75) is 49.2 Å². The third-order valence-electron chi connectivity index (χ3n) is 6.66. The van der Waals surface area contributed by atoms with Crippen molar-refractivity contribution in [2.75, 3.05) is 53.4 Å². The lowest BCUT2D eigenvalue weighted by molar-refractivity contribution is 0.197. The highest BCUT2D eigenvalue weighted by atomic mass is 127. The van der Waals surface area contributed by atoms with Crippen LogP contribution in [0.25, 0.3) is 0 Å². The Balaban J connectivity index is 0.00000289. The maximum absolute atomic E-state index is 13.3. The molecule has 0 atom stereocenters. The Morgan fingerprint density at radius 1 is 1.03 bits per heavy atom. The second-order valence-electron chi connectivity index (χ2n) is 8.93. The largest absolute Gasteiger partial charge is 0.354 e. The fraction of sp³-hybridized carbons (Fsp3) is 0.682. The smallest absolute Gasteiger partial charge is 0.243 e. The number of sulfonamides is 1. The number of piperidine rings is 1. The molecule has 3 aliphatic rings. The molecular weight excluding hydrogens is 539 g/mol. The van der Waals surface area contributed by atoms with Gasteiger partial charge in [-0.15, -0.1) is 24.0 Å². The van der Waals surface area contributed by atoms with Crippen molar-refractivity contribution < 1.29 is 8.42 Å². The Morgan fingerprint density at radius 2 is 1.69 bits per heavy atom. The molecule has 2 heterocycles. The van der Waals surface area contributed by atoms with Crippen molar-refractivity contribution in [2.24, 2.45) is 4.99 Å². The lowest BCUT2D eigenvalue weighted by atomic mass is 10.1. The summed E-state index contributed by atoms with van der Waals surface area (Å²) in [4.78, 5) is 9.52. The first-order valence-corrected chi connectivity index (χ1v) is 12.9. The third-order valence-corrected chi connectivity index (χ3v) is 8.66. The van der Waals surface area contributed by atoms with Gasteiger partial charge in [-0.2, -0.15) is 4.31 Å². The molecule has 3 fully saturated rings. The van der Waals surface area contributed by atoms with E-state index in [-0.39, 0.29) is 24.0 Å². The van der Waals surface area contributed by atoms with E-state index in [1.807, 2.05) is 19.2 Å². The number of aliphatic imine (C=N–C) groups is 1. The number of piperazine rings is 1. The maximum Gasteiger partial charge on any atom is 0.243 e. The second kappa shape index (κ2) is 11.5. The van der Waals surface area contributed by atoms with Crippen LogP contribution in [0.2, 0.25) is 0 Å². The molecule has 10 heteroatoms. The van der Waals surface area contributed by atoms with Crippen molar-refractivity contribution in [3.63, 3.8) is 0 Å². The Labute approximate surface area is 209 Å². The van der Waals surface area contributed by atoms with Crippen LogP contribution in [0.4, 0.5) is 0 Å². The van der Waals surface area contributed by atoms with Gasteiger partial charge in [0, 0.05) is 64.9 Å². The van der Waals surface area contributed by atoms with Gasteiger partial charge in [0.05, 0.1) is 4.90 Å². The van der Waals surface area contributed by atoms with Crippen LogP contribution in [0, 0.1) is 0 Å². The molecule has 1 saturated carbocycles. The number of benzene rings is 1. The molecule has 0 aromatic heterocycles. The fourth-order valence-corrected chi connectivity index (χ4v) is 6.13. The normalized spacial score (nSPS) is 22.4. The monoisotopic (exact) mass is 576 g/mol. The van der Waals surface area contributed by atoms with E-state index in [1.54, 1.807) is 23.5 Å². The average Bonchev–Trinajstić information content (AvgIpc) is 3.63. The van der Waals surface area contributed by atoms with Gasteiger partial charge in [-0.05, 0) is 44.4 Å². The molecule has 0 bridgehead atoms. The molecule has 1 aromatic rings. The van der Waals surface area contributed by atoms with Crippen LogP contribution in [-0.4, -0.2) is 93.9 Å². The minimum atomic E-state index is -3.51. The summed E-state index contributed by atoms with van der Waals surface area (Å²) in [5, 5.41) is 6.86. The van der Waals surface area contributed by atoms with E-state index in [2.05, 4.69) is 25.4 Å². The second-order valence-corrected chi connectivity index (χ2v) is 10.8. The van der Waals surface area contributed by atoms with Crippen molar-refractivity contribution in [1.29, 1.82) is 0 Å². The Kier molecular flexibility index (Phi) is 9.19. The number of nitrogens with zero attached hydrogens (tertiary/aromatic N) is 4. The first kappa shape index (κ1) is 25.7. The molecule has 0 unspecified atom stereocenters. The summed E-state index contributed by atoms with van der Waals surface area (Å²) < 4.78 is 28.1. The lowest BCUT2D eigenvalue weighted by Crippen LogP contribution is -2.49. The average molecular weight is 577 g/mol. The van der Waals surface area contributed by atoms with Crippen molar-refractivity contribution in [1.82, 2.24) is 24.7 Å². The van der Waals surface area contributed by atoms with E-state index < -0.39 is 10.0 Å². The summed E-state index contributed by atoms with van der Waals surface area (Å²) in [5.74, 6) is 0.733. The quantitative estimate of drug-likeness (QED) is 0.304. The zero-order valence-electron chi connectivity index (χ0n) is 19.2. The topological polar surface area (TPSA) is 80.3 Å². The lowest BCUT2D eigenvalue weighted by Gasteiger charge is -2.33. The number of nitrogens with one attached hydrogen (secondary N) is 2. The molecule has 0 radical (unpaired) electrons. The molecule has 4 rings (SSSR count). The van der Waals surface area contributed by atoms with Gasteiger partial charge in [-0.3, -0.25) is 4.99 Å². The minimum Gasteiger partial charge on any atom is -0.354 e. The third kappa shape index (κ3) is 6.34. The molecule has 180 valence electrons. The summed E-state index contributed by atoms with van der Waals surface area (Å²) in [6.45, 7) is 5.29. The molecule has 2 N–H and O–H groups in total. The molecule has 1 aromatic carbocycles. The zero-order chi connectivity index (χ0) is 21.8. The first-order chi connectivity index (χ1) is 15.0. The van der Waals surface area contributed by atoms with Crippen LogP contribution in [0.1, 0.15) is 31.2 Å². The predicted octanol–water partition coefficient (Wildman–Crippen LogP) is 1.53. The van der Waals surface area contributed by atoms with E-state index in [1.165, 1.54) is 12.8 Å². The van der Waals surface area contributed by atoms with Gasteiger partial charge in [0.25, 0.3) is 0 Å². The van der Waals surface area contributed by atoms with Gasteiger partial charge >= 0.3 is 0 Å². The van der Waals surface area contributed by atoms with Crippen LogP contribution < -0.4 is 10.6 Å². The summed E-state index contributed by atoms with van der Waals surface area (Å²) >= 11 is 0. The minimum absolute atomic E-state index is 0. The number of rotatable bonds is 6. The molecule has 1 aliphatic carbocycles. The number of likely N-dealkylation sites (tertiary alicyclic amines) is 1. The van der Waals surface area contributed by atoms with Gasteiger partial charge in [-0.1, -0.05) is 18.2 Å². The first-order valence-electron chi connectivity index (χ1n) is 11.4. The van der Waals surface area contributed by atoms with E-state index in [4.69, 9.17) is 0 Å². The van der Waals surface area contributed by atoms with Crippen molar-refractivity contribution >= 4 is 40.0 Å². The standard InChI is InChI=1S/C22H36N6O2S.HI/c1-23-22(25-19-9-11-27(12-10-19)20-7-8-20)24-17-18-5-3-4-6-21(18)31(29,30)28-15-13-26(2)14-16-28;/h3-6,19-20H,7-17H2,1-2H3,(H2,23,24,25);1H. The summed E-state index contributed by atoms with van der Waals surface area (Å²) in [6, 6.07) is 8.53. The summed E-state index contributed by atoms with van der Waals surface area (Å²) in [6.07, 6.45) is 4.95. The van der Waals surface area contributed by atoms with Crippen molar-refractivity contribution in [3.8, 4) is 0 Å². The fourth-order valence-electron chi connectivity index (χ4n) is 4.48. The van der Waals surface area contributed by atoms with E-state index in [0.29, 0.717) is 30.6 Å². The predicted molar refractivity (Wildman–Crippen MR) is 139 cm³/mol. The molecular formula is C22H37IN6O2S. The number of guanidine groups is 1. The van der Waals surface area contributed by atoms with E-state index >= 15 is 0 Å². The van der Waals surface area contributed by atoms with Gasteiger partial charge in [0.15, 0.2) is 5.96 Å². The highest BCUT2D eigenvalue weighted by Crippen LogP contribution is 2.29. The SMILES string of the molecule is CN=C(NCc1ccccc1S(=O)(=O)N1CCN(C)CC1)NC1CCN(C2CC2)CC1.I. The van der Waals surface area contributed by atoms with E-state index in [9.17, 15) is 8.42 Å². The van der Waals surface area contributed by atoms with Gasteiger partial charge in [0.2, 0.25) is 10.0 Å². The number of halogens is 1. The van der Waals surface area contributed by atoms with Crippen LogP contribution in [0.3, 0.4) is 0 Å². The van der Waals surface area contributed by atoms with Crippen LogP contribution in [-0.2, 0) is 16.6 Å². The Morgan fingerprint density at radius 3 is 2.31 bits per heavy atom. The highest BCUT2D eigenvalue weighted by Gasteiger charge is 2.32. The Bertz CT molecular complexity index is 876. The highest BCUT2D eigenvalue weighted by molar-refractivity contribution is 14.0. The number of likely N-dealkylation sites (N-methyl/N-ethyl adjacent to an activating group) is 1. The molecule has 2 saturated heterocycles. The van der Waals surface area contributed by atoms with E-state index in [0.717, 1.165) is 56.6 Å². The molecule has 0 spiro atoms. The van der Waals surface area contributed by atoms with Crippen molar-refractivity contribution in [3.05, 3.63) is 29.8 Å². The van der Waals surface area contributed by atoms with Gasteiger partial charge in [-0.25, -0.2) is 8.42 Å². The van der Waals surface area contributed by atoms with Crippen LogP contribution in [0.15, 0.2) is 34.2 Å².